The van der Waals surface area contributed by atoms with Gasteiger partial charge in [-0.2, -0.15) is 10.5 Å². The van der Waals surface area contributed by atoms with E-state index in [9.17, 15) is 15.3 Å². The minimum absolute atomic E-state index is 0.405. The molecule has 4 heterocycles. The maximum atomic E-state index is 13.5. The van der Waals surface area contributed by atoms with E-state index in [-0.39, 0.29) is 0 Å². The highest BCUT2D eigenvalue weighted by Crippen LogP contribution is 2.60. The molecule has 9 rings (SSSR count). The number of halogens is 2. The Bertz CT molecular complexity index is 2420. The van der Waals surface area contributed by atoms with Crippen LogP contribution in [0.2, 0.25) is 0 Å². The highest BCUT2D eigenvalue weighted by molar-refractivity contribution is 9.11. The molecule has 0 amide bonds. The van der Waals surface area contributed by atoms with E-state index in [1.54, 1.807) is 6.07 Å². The van der Waals surface area contributed by atoms with Crippen LogP contribution in [0.1, 0.15) is 60.0 Å². The summed E-state index contributed by atoms with van der Waals surface area (Å²) in [5.41, 5.74) is 3.97. The van der Waals surface area contributed by atoms with Crippen molar-refractivity contribution in [3.05, 3.63) is 149 Å². The summed E-state index contributed by atoms with van der Waals surface area (Å²) >= 11 is 10.6. The Kier molecular flexibility index (Phi) is 6.97. The first kappa shape index (κ1) is 30.2. The highest BCUT2D eigenvalue weighted by atomic mass is 79.9. The van der Waals surface area contributed by atoms with Gasteiger partial charge in [0.05, 0.1) is 47.1 Å². The zero-order valence-corrected chi connectivity index (χ0v) is 29.8. The van der Waals surface area contributed by atoms with E-state index in [0.717, 1.165) is 20.4 Å². The Morgan fingerprint density at radius 2 is 1.14 bits per heavy atom. The van der Waals surface area contributed by atoms with Gasteiger partial charge in [0.2, 0.25) is 0 Å². The van der Waals surface area contributed by atoms with Crippen molar-refractivity contribution in [1.29, 1.82) is 10.5 Å². The van der Waals surface area contributed by atoms with Crippen LogP contribution < -0.4 is 4.74 Å². The third-order valence-corrected chi connectivity index (χ3v) is 12.8. The zero-order valence-electron chi connectivity index (χ0n) is 25.0. The van der Waals surface area contributed by atoms with Gasteiger partial charge in [0, 0.05) is 16.7 Å². The standard InChI is InChI=1S/C38H18Br2N4O3S2/c39-31-19(22(17-41)35-43-27-9-3-5-11-29(27)48-35)13-15-25-33(31)46-34-26(38(25)24-8-2-1-7-21(24)37(45)47-38)16-14-20(32(34)40)23(18-42)36-44-28-10-4-6-12-30(28)49-36/h1-16,22-23H. The van der Waals surface area contributed by atoms with Crippen LogP contribution in [0.4, 0.5) is 0 Å². The Morgan fingerprint density at radius 3 is 1.65 bits per heavy atom. The van der Waals surface area contributed by atoms with E-state index in [1.165, 1.54) is 22.7 Å². The van der Waals surface area contributed by atoms with Gasteiger partial charge in [-0.15, -0.1) is 22.7 Å². The molecule has 2 aliphatic heterocycles. The number of aromatic nitrogens is 2. The average Bonchev–Trinajstić information content (AvgIpc) is 3.83. The summed E-state index contributed by atoms with van der Waals surface area (Å²) in [6.45, 7) is 0. The third kappa shape index (κ3) is 4.37. The number of hydrogen-bond donors (Lipinski definition) is 0. The first-order chi connectivity index (χ1) is 23.9. The maximum Gasteiger partial charge on any atom is 0.340 e. The van der Waals surface area contributed by atoms with Crippen molar-refractivity contribution in [2.45, 2.75) is 17.4 Å². The van der Waals surface area contributed by atoms with E-state index in [0.29, 0.717) is 63.8 Å². The van der Waals surface area contributed by atoms with E-state index < -0.39 is 23.4 Å². The number of thiazole rings is 2. The van der Waals surface area contributed by atoms with Crippen LogP contribution in [0.3, 0.4) is 0 Å². The predicted molar refractivity (Wildman–Crippen MR) is 194 cm³/mol. The van der Waals surface area contributed by atoms with Crippen molar-refractivity contribution in [1.82, 2.24) is 9.97 Å². The Labute approximate surface area is 304 Å². The van der Waals surface area contributed by atoms with Gasteiger partial charge in [0.25, 0.3) is 0 Å². The van der Waals surface area contributed by atoms with Gasteiger partial charge in [-0.25, -0.2) is 14.8 Å². The number of para-hydroxylation sites is 2. The van der Waals surface area contributed by atoms with Gasteiger partial charge in [-0.1, -0.05) is 66.7 Å². The average molecular weight is 803 g/mol. The molecule has 0 N–H and O–H groups in total. The van der Waals surface area contributed by atoms with Gasteiger partial charge in [0.1, 0.15) is 33.4 Å². The van der Waals surface area contributed by atoms with Crippen LogP contribution in [0.5, 0.6) is 11.5 Å². The first-order valence-corrected chi connectivity index (χ1v) is 18.3. The number of carbonyl (C=O) groups is 1. The molecule has 49 heavy (non-hydrogen) atoms. The number of benzene rings is 5. The van der Waals surface area contributed by atoms with Crippen LogP contribution in [0.15, 0.2) is 106 Å². The molecule has 2 unspecified atom stereocenters. The lowest BCUT2D eigenvalue weighted by molar-refractivity contribution is 0.0223. The van der Waals surface area contributed by atoms with Crippen LogP contribution in [-0.2, 0) is 10.3 Å². The van der Waals surface area contributed by atoms with Gasteiger partial charge < -0.3 is 9.47 Å². The minimum atomic E-state index is -1.35. The summed E-state index contributed by atoms with van der Waals surface area (Å²) < 4.78 is 16.3. The lowest BCUT2D eigenvalue weighted by atomic mass is 9.76. The molecular formula is C38H18Br2N4O3S2. The van der Waals surface area contributed by atoms with Crippen molar-refractivity contribution in [2.75, 3.05) is 0 Å². The van der Waals surface area contributed by atoms with E-state index >= 15 is 0 Å². The largest absolute Gasteiger partial charge is 0.454 e. The fraction of sp³-hybridized carbons (Fsp3) is 0.0789. The molecule has 0 fully saturated rings. The third-order valence-electron chi connectivity index (χ3n) is 8.98. The molecular weight excluding hydrogens is 784 g/mol. The van der Waals surface area contributed by atoms with Gasteiger partial charge in [-0.3, -0.25) is 0 Å². The summed E-state index contributed by atoms with van der Waals surface area (Å²) in [5.74, 6) is -1.05. The summed E-state index contributed by atoms with van der Waals surface area (Å²) in [7, 11) is 0. The quantitative estimate of drug-likeness (QED) is 0.163. The zero-order chi connectivity index (χ0) is 33.4. The number of carbonyl (C=O) groups excluding carboxylic acids is 1. The maximum absolute atomic E-state index is 13.5. The van der Waals surface area contributed by atoms with E-state index in [2.05, 4.69) is 44.0 Å². The molecule has 234 valence electrons. The SMILES string of the molecule is N#CC(c1nc2ccccc2s1)c1ccc2c(c1Br)Oc1c(ccc(C(C#N)c3nc4ccccc4s3)c1Br)C21OC(=O)c2ccccc21. The van der Waals surface area contributed by atoms with Crippen LogP contribution in [0, 0.1) is 22.7 Å². The lowest BCUT2D eigenvalue weighted by Gasteiger charge is -2.38. The number of fused-ring (bicyclic) bond motifs is 8. The Hall–Kier alpha value is -4.91. The molecule has 2 atom stereocenters. The second kappa shape index (κ2) is 11.3. The van der Waals surface area contributed by atoms with Crippen molar-refractivity contribution >= 4 is 80.9 Å². The van der Waals surface area contributed by atoms with Crippen molar-refractivity contribution in [3.8, 4) is 23.6 Å². The molecule has 11 heteroatoms. The monoisotopic (exact) mass is 800 g/mol. The van der Waals surface area contributed by atoms with Crippen molar-refractivity contribution in [3.63, 3.8) is 0 Å². The smallest absolute Gasteiger partial charge is 0.340 e. The number of esters is 1. The Balaban J connectivity index is 1.26. The number of nitrogens with zero attached hydrogens (tertiary/aromatic N) is 4. The number of rotatable bonds is 4. The Morgan fingerprint density at radius 1 is 0.653 bits per heavy atom. The second-order valence-corrected chi connectivity index (χ2v) is 15.3. The van der Waals surface area contributed by atoms with Gasteiger partial charge in [0.15, 0.2) is 5.60 Å². The molecule has 5 aromatic carbocycles. The molecule has 7 nitrogen and oxygen atoms in total. The topological polar surface area (TPSA) is 109 Å². The molecule has 0 bridgehead atoms. The fourth-order valence-corrected chi connectivity index (χ4v) is 10.1. The molecule has 2 aromatic heterocycles. The van der Waals surface area contributed by atoms with E-state index in [4.69, 9.17) is 19.4 Å². The molecule has 0 saturated carbocycles. The summed E-state index contributed by atoms with van der Waals surface area (Å²) in [6.07, 6.45) is 0. The summed E-state index contributed by atoms with van der Waals surface area (Å²) in [6, 6.07) is 35.3. The van der Waals surface area contributed by atoms with Gasteiger partial charge in [-0.05, 0) is 73.3 Å². The van der Waals surface area contributed by atoms with E-state index in [1.807, 2.05) is 91.0 Å². The predicted octanol–water partition coefficient (Wildman–Crippen LogP) is 10.3. The molecule has 7 aromatic rings. The van der Waals surface area contributed by atoms with Gasteiger partial charge >= 0.3 is 5.97 Å². The van der Waals surface area contributed by atoms with Crippen molar-refractivity contribution in [2.24, 2.45) is 0 Å². The first-order valence-electron chi connectivity index (χ1n) is 15.1. The van der Waals surface area contributed by atoms with Crippen LogP contribution in [-0.4, -0.2) is 15.9 Å². The summed E-state index contributed by atoms with van der Waals surface area (Å²) in [4.78, 5) is 23.1. The minimum Gasteiger partial charge on any atom is -0.454 e. The lowest BCUT2D eigenvalue weighted by Crippen LogP contribution is -2.33. The van der Waals surface area contributed by atoms with Crippen molar-refractivity contribution < 1.29 is 14.3 Å². The molecule has 0 saturated heterocycles. The number of ether oxygens (including phenoxy) is 2. The normalized spacial score (nSPS) is 17.0. The second-order valence-electron chi connectivity index (χ2n) is 11.6. The summed E-state index contributed by atoms with van der Waals surface area (Å²) in [5, 5.41) is 22.3. The number of hydrogen-bond acceptors (Lipinski definition) is 9. The highest BCUT2D eigenvalue weighted by Gasteiger charge is 2.54. The van der Waals surface area contributed by atoms with Crippen LogP contribution in [0.25, 0.3) is 20.4 Å². The molecule has 0 radical (unpaired) electrons. The molecule has 2 aliphatic rings. The number of nitriles is 2. The fourth-order valence-electron chi connectivity index (χ4n) is 6.75. The molecule has 1 spiro atoms. The van der Waals surface area contributed by atoms with Crippen LogP contribution >= 0.6 is 54.5 Å². The molecule has 0 aliphatic carbocycles.